The van der Waals surface area contributed by atoms with Gasteiger partial charge >= 0.3 is 0 Å². The number of aldehydes is 1. The van der Waals surface area contributed by atoms with Gasteiger partial charge in [-0.3, -0.25) is 9.59 Å². The molecule has 0 radical (unpaired) electrons. The highest BCUT2D eigenvalue weighted by atomic mass is 16.5. The minimum absolute atomic E-state index is 0.122. The number of hydrogen-bond acceptors (Lipinski definition) is 7. The number of nitrogens with zero attached hydrogens (tertiary/aromatic N) is 3. The van der Waals surface area contributed by atoms with Crippen molar-refractivity contribution in [1.29, 1.82) is 5.26 Å². The van der Waals surface area contributed by atoms with Gasteiger partial charge in [0.05, 0.1) is 19.8 Å². The lowest BCUT2D eigenvalue weighted by molar-refractivity contribution is 0.0987. The number of fused-ring (bicyclic) bond motifs is 1. The minimum Gasteiger partial charge on any atom is -0.493 e. The van der Waals surface area contributed by atoms with Crippen molar-refractivity contribution in [3.63, 3.8) is 0 Å². The molecule has 0 saturated heterocycles. The van der Waals surface area contributed by atoms with Crippen molar-refractivity contribution < 1.29 is 23.8 Å². The molecule has 0 aliphatic carbocycles. The standard InChI is InChI=1S/C31H25N3O5/c1-37-28-9-8-21(15-30(28)38-2)25-4-3-5-27-26(25)11-13-34(27)31(36)22-6-7-23(18-35)29(16-22)39-19-20-10-12-33-24(14-20)17-32/h3-10,12,14-16,18H,11,13,19H2,1-2H3. The summed E-state index contributed by atoms with van der Waals surface area (Å²) in [6, 6.07) is 21.8. The summed E-state index contributed by atoms with van der Waals surface area (Å²) in [6.07, 6.45) is 2.92. The lowest BCUT2D eigenvalue weighted by Crippen LogP contribution is -2.28. The van der Waals surface area contributed by atoms with Gasteiger partial charge in [-0.1, -0.05) is 18.2 Å². The van der Waals surface area contributed by atoms with Crippen LogP contribution in [0.2, 0.25) is 0 Å². The first kappa shape index (κ1) is 25.5. The van der Waals surface area contributed by atoms with Crippen LogP contribution in [0.3, 0.4) is 0 Å². The molecule has 0 atom stereocenters. The molecule has 0 spiro atoms. The molecule has 0 unspecified atom stereocenters. The number of pyridine rings is 1. The molecule has 1 aliphatic rings. The molecule has 1 aliphatic heterocycles. The zero-order chi connectivity index (χ0) is 27.4. The van der Waals surface area contributed by atoms with Gasteiger partial charge in [0.2, 0.25) is 0 Å². The van der Waals surface area contributed by atoms with Gasteiger partial charge < -0.3 is 19.1 Å². The number of benzene rings is 3. The Kier molecular flexibility index (Phi) is 7.23. The average Bonchev–Trinajstić information content (AvgIpc) is 3.43. The minimum atomic E-state index is -0.184. The van der Waals surface area contributed by atoms with Gasteiger partial charge in [-0.2, -0.15) is 5.26 Å². The second-order valence-corrected chi connectivity index (χ2v) is 8.90. The monoisotopic (exact) mass is 519 g/mol. The van der Waals surface area contributed by atoms with Gasteiger partial charge in [0, 0.05) is 24.0 Å². The fraction of sp³-hybridized carbons (Fsp3) is 0.161. The number of carbonyl (C=O) groups is 2. The second-order valence-electron chi connectivity index (χ2n) is 8.90. The third-order valence-corrected chi connectivity index (χ3v) is 6.69. The number of amides is 1. The Morgan fingerprint density at radius 3 is 2.64 bits per heavy atom. The van der Waals surface area contributed by atoms with E-state index in [0.717, 1.165) is 27.9 Å². The van der Waals surface area contributed by atoms with Gasteiger partial charge in [-0.25, -0.2) is 4.98 Å². The smallest absolute Gasteiger partial charge is 0.258 e. The van der Waals surface area contributed by atoms with Crippen LogP contribution in [0.5, 0.6) is 17.2 Å². The van der Waals surface area contributed by atoms with Crippen LogP contribution in [0.15, 0.2) is 72.9 Å². The fourth-order valence-electron chi connectivity index (χ4n) is 4.75. The summed E-state index contributed by atoms with van der Waals surface area (Å²) in [5.41, 5.74) is 5.66. The summed E-state index contributed by atoms with van der Waals surface area (Å²) in [5.74, 6) is 1.40. The van der Waals surface area contributed by atoms with E-state index in [9.17, 15) is 9.59 Å². The van der Waals surface area contributed by atoms with Crippen molar-refractivity contribution in [2.24, 2.45) is 0 Å². The molecular formula is C31H25N3O5. The maximum absolute atomic E-state index is 13.7. The van der Waals surface area contributed by atoms with Crippen LogP contribution < -0.4 is 19.1 Å². The summed E-state index contributed by atoms with van der Waals surface area (Å²) < 4.78 is 16.7. The topological polar surface area (TPSA) is 102 Å². The highest BCUT2D eigenvalue weighted by Gasteiger charge is 2.28. The third-order valence-electron chi connectivity index (χ3n) is 6.69. The van der Waals surface area contributed by atoms with E-state index in [1.54, 1.807) is 49.5 Å². The molecule has 2 heterocycles. The Morgan fingerprint density at radius 1 is 1.03 bits per heavy atom. The summed E-state index contributed by atoms with van der Waals surface area (Å²) >= 11 is 0. The SMILES string of the molecule is COc1ccc(-c2cccc3c2CCN3C(=O)c2ccc(C=O)c(OCc3ccnc(C#N)c3)c2)cc1OC. The first-order valence-electron chi connectivity index (χ1n) is 12.3. The number of aromatic nitrogens is 1. The van der Waals surface area contributed by atoms with Crippen LogP contribution in [-0.4, -0.2) is 37.9 Å². The Bertz CT molecular complexity index is 1610. The van der Waals surface area contributed by atoms with Crippen LogP contribution in [0, 0.1) is 11.3 Å². The van der Waals surface area contributed by atoms with E-state index in [1.165, 1.54) is 6.20 Å². The number of hydrogen-bond donors (Lipinski definition) is 0. The molecular weight excluding hydrogens is 494 g/mol. The number of methoxy groups -OCH3 is 2. The summed E-state index contributed by atoms with van der Waals surface area (Å²) in [4.78, 5) is 31.0. The number of carbonyl (C=O) groups excluding carboxylic acids is 2. The Morgan fingerprint density at radius 2 is 1.87 bits per heavy atom. The van der Waals surface area contributed by atoms with E-state index in [4.69, 9.17) is 19.5 Å². The van der Waals surface area contributed by atoms with Crippen molar-refractivity contribution in [1.82, 2.24) is 4.98 Å². The first-order chi connectivity index (χ1) is 19.1. The molecule has 8 nitrogen and oxygen atoms in total. The summed E-state index contributed by atoms with van der Waals surface area (Å²) in [7, 11) is 3.20. The Balaban J connectivity index is 1.42. The second kappa shape index (κ2) is 11.1. The molecule has 0 N–H and O–H groups in total. The number of rotatable bonds is 8. The van der Waals surface area contributed by atoms with Gasteiger partial charge in [-0.15, -0.1) is 0 Å². The quantitative estimate of drug-likeness (QED) is 0.294. The van der Waals surface area contributed by atoms with E-state index < -0.39 is 0 Å². The van der Waals surface area contributed by atoms with E-state index in [2.05, 4.69) is 4.98 Å². The lowest BCUT2D eigenvalue weighted by Gasteiger charge is -2.19. The van der Waals surface area contributed by atoms with E-state index in [0.29, 0.717) is 47.6 Å². The molecule has 0 saturated carbocycles. The molecule has 194 valence electrons. The Hall–Kier alpha value is -5.16. The first-order valence-corrected chi connectivity index (χ1v) is 12.3. The molecule has 1 aromatic heterocycles. The predicted molar refractivity (Wildman–Crippen MR) is 145 cm³/mol. The average molecular weight is 520 g/mol. The van der Waals surface area contributed by atoms with E-state index in [-0.39, 0.29) is 18.2 Å². The van der Waals surface area contributed by atoms with Gasteiger partial charge in [0.15, 0.2) is 17.8 Å². The van der Waals surface area contributed by atoms with Crippen molar-refractivity contribution >= 4 is 17.9 Å². The van der Waals surface area contributed by atoms with Crippen molar-refractivity contribution in [2.75, 3.05) is 25.7 Å². The molecule has 1 amide bonds. The number of nitriles is 1. The number of anilines is 1. The number of ether oxygens (including phenoxy) is 3. The van der Waals surface area contributed by atoms with E-state index in [1.807, 2.05) is 42.5 Å². The maximum Gasteiger partial charge on any atom is 0.258 e. The summed E-state index contributed by atoms with van der Waals surface area (Å²) in [6.45, 7) is 0.648. The zero-order valence-corrected chi connectivity index (χ0v) is 21.5. The van der Waals surface area contributed by atoms with Gasteiger partial charge in [0.25, 0.3) is 5.91 Å². The highest BCUT2D eigenvalue weighted by Crippen LogP contribution is 2.40. The molecule has 3 aromatic carbocycles. The molecule has 39 heavy (non-hydrogen) atoms. The fourth-order valence-corrected chi connectivity index (χ4v) is 4.75. The van der Waals surface area contributed by atoms with Gasteiger partial charge in [-0.05, 0) is 77.2 Å². The highest BCUT2D eigenvalue weighted by molar-refractivity contribution is 6.08. The van der Waals surface area contributed by atoms with Crippen LogP contribution in [0.25, 0.3) is 11.1 Å². The van der Waals surface area contributed by atoms with Crippen LogP contribution in [0.1, 0.15) is 37.5 Å². The van der Waals surface area contributed by atoms with Crippen molar-refractivity contribution in [3.8, 4) is 34.4 Å². The van der Waals surface area contributed by atoms with Gasteiger partial charge in [0.1, 0.15) is 24.1 Å². The zero-order valence-electron chi connectivity index (χ0n) is 21.5. The maximum atomic E-state index is 13.7. The molecule has 0 fully saturated rings. The Labute approximate surface area is 226 Å². The van der Waals surface area contributed by atoms with Crippen molar-refractivity contribution in [3.05, 3.63) is 101 Å². The third kappa shape index (κ3) is 5.03. The summed E-state index contributed by atoms with van der Waals surface area (Å²) in [5, 5.41) is 9.07. The van der Waals surface area contributed by atoms with E-state index >= 15 is 0 Å². The normalized spacial score (nSPS) is 11.9. The lowest BCUT2D eigenvalue weighted by atomic mass is 9.97. The van der Waals surface area contributed by atoms with Crippen LogP contribution >= 0.6 is 0 Å². The van der Waals surface area contributed by atoms with Crippen molar-refractivity contribution in [2.45, 2.75) is 13.0 Å². The molecule has 4 aromatic rings. The van der Waals surface area contributed by atoms with Crippen LogP contribution in [0.4, 0.5) is 5.69 Å². The molecule has 5 rings (SSSR count). The molecule has 0 bridgehead atoms. The largest absolute Gasteiger partial charge is 0.493 e. The predicted octanol–water partition coefficient (Wildman–Crippen LogP) is 5.23. The molecule has 8 heteroatoms. The van der Waals surface area contributed by atoms with Crippen LogP contribution in [-0.2, 0) is 13.0 Å².